The first kappa shape index (κ1) is 21.7. The molecule has 1 aliphatic carbocycles. The van der Waals surface area contributed by atoms with E-state index in [1.807, 2.05) is 6.20 Å². The van der Waals surface area contributed by atoms with Gasteiger partial charge in [0.15, 0.2) is 5.58 Å². The van der Waals surface area contributed by atoms with Crippen molar-refractivity contribution in [2.75, 3.05) is 0 Å². The Morgan fingerprint density at radius 2 is 1.40 bits per heavy atom. The lowest BCUT2D eigenvalue weighted by molar-refractivity contribution is 0.636. The first-order chi connectivity index (χ1) is 19.8. The molecule has 0 aliphatic heterocycles. The number of benzene rings is 5. The number of hydrogen-bond donors (Lipinski definition) is 0. The standard InChI is InChI=1S/C37H24N2O/c1-2-10-25-22-38-31(21-24(25)9-1)23-17-19-26(20-18-23)39-32-15-7-5-13-29(32)34-27-11-3-4-12-28(27)35-30-14-6-8-16-33(30)40-37(35)36(34)39/h1-19,21-22,26H,20H2. The van der Waals surface area contributed by atoms with Crippen LogP contribution in [0.3, 0.4) is 0 Å². The van der Waals surface area contributed by atoms with E-state index < -0.39 is 0 Å². The molecular weight excluding hydrogens is 488 g/mol. The molecule has 0 bridgehead atoms. The molecule has 0 fully saturated rings. The highest BCUT2D eigenvalue weighted by molar-refractivity contribution is 6.34. The lowest BCUT2D eigenvalue weighted by Crippen LogP contribution is -2.08. The van der Waals surface area contributed by atoms with E-state index in [1.54, 1.807) is 0 Å². The number of rotatable bonds is 2. The molecule has 0 N–H and O–H groups in total. The van der Waals surface area contributed by atoms with Crippen molar-refractivity contribution in [2.45, 2.75) is 12.5 Å². The van der Waals surface area contributed by atoms with Crippen LogP contribution in [-0.2, 0) is 0 Å². The number of fused-ring (bicyclic) bond motifs is 11. The van der Waals surface area contributed by atoms with Gasteiger partial charge in [0.05, 0.1) is 17.3 Å². The van der Waals surface area contributed by atoms with Crippen LogP contribution >= 0.6 is 0 Å². The van der Waals surface area contributed by atoms with Gasteiger partial charge < -0.3 is 8.98 Å². The summed E-state index contributed by atoms with van der Waals surface area (Å²) >= 11 is 0. The highest BCUT2D eigenvalue weighted by atomic mass is 16.3. The molecule has 3 nitrogen and oxygen atoms in total. The van der Waals surface area contributed by atoms with E-state index in [9.17, 15) is 0 Å². The minimum Gasteiger partial charge on any atom is -0.454 e. The zero-order valence-electron chi connectivity index (χ0n) is 21.7. The second kappa shape index (κ2) is 8.17. The van der Waals surface area contributed by atoms with Gasteiger partial charge in [-0.15, -0.1) is 0 Å². The summed E-state index contributed by atoms with van der Waals surface area (Å²) in [6.07, 6.45) is 9.76. The molecule has 3 heteroatoms. The van der Waals surface area contributed by atoms with E-state index in [2.05, 4.69) is 126 Å². The average Bonchev–Trinajstić information content (AvgIpc) is 3.58. The molecular formula is C37H24N2O. The Morgan fingerprint density at radius 3 is 2.23 bits per heavy atom. The van der Waals surface area contributed by atoms with Crippen molar-refractivity contribution in [2.24, 2.45) is 0 Å². The number of nitrogens with zero attached hydrogens (tertiary/aromatic N) is 2. The second-order valence-electron chi connectivity index (χ2n) is 10.7. The molecule has 1 aliphatic rings. The summed E-state index contributed by atoms with van der Waals surface area (Å²) in [7, 11) is 0. The van der Waals surface area contributed by atoms with Crippen LogP contribution in [0.25, 0.3) is 70.9 Å². The molecule has 8 aromatic rings. The van der Waals surface area contributed by atoms with Gasteiger partial charge in [-0.05, 0) is 46.4 Å². The number of pyridine rings is 1. The van der Waals surface area contributed by atoms with E-state index in [0.717, 1.165) is 34.1 Å². The predicted octanol–water partition coefficient (Wildman–Crippen LogP) is 9.98. The van der Waals surface area contributed by atoms with Crippen LogP contribution in [0.5, 0.6) is 0 Å². The largest absolute Gasteiger partial charge is 0.454 e. The molecule has 0 amide bonds. The molecule has 40 heavy (non-hydrogen) atoms. The van der Waals surface area contributed by atoms with Crippen molar-refractivity contribution in [1.82, 2.24) is 9.55 Å². The van der Waals surface area contributed by atoms with E-state index in [0.29, 0.717) is 0 Å². The van der Waals surface area contributed by atoms with E-state index in [1.165, 1.54) is 48.9 Å². The molecule has 9 rings (SSSR count). The van der Waals surface area contributed by atoms with Crippen molar-refractivity contribution in [3.05, 3.63) is 133 Å². The highest BCUT2D eigenvalue weighted by Crippen LogP contribution is 2.46. The fourth-order valence-corrected chi connectivity index (χ4v) is 6.73. The van der Waals surface area contributed by atoms with Crippen LogP contribution in [-0.4, -0.2) is 9.55 Å². The average molecular weight is 513 g/mol. The highest BCUT2D eigenvalue weighted by Gasteiger charge is 2.25. The van der Waals surface area contributed by atoms with Crippen LogP contribution in [0.15, 0.2) is 132 Å². The molecule has 0 spiro atoms. The van der Waals surface area contributed by atoms with Crippen LogP contribution in [0.4, 0.5) is 0 Å². The van der Waals surface area contributed by atoms with Gasteiger partial charge in [-0.25, -0.2) is 0 Å². The summed E-state index contributed by atoms with van der Waals surface area (Å²) in [5.74, 6) is 0. The minimum absolute atomic E-state index is 0.157. The maximum Gasteiger partial charge on any atom is 0.160 e. The quantitative estimate of drug-likeness (QED) is 0.231. The maximum absolute atomic E-state index is 6.70. The molecule has 0 saturated heterocycles. The van der Waals surface area contributed by atoms with Gasteiger partial charge >= 0.3 is 0 Å². The minimum atomic E-state index is 0.157. The van der Waals surface area contributed by atoms with E-state index >= 15 is 0 Å². The zero-order chi connectivity index (χ0) is 26.2. The molecule has 0 saturated carbocycles. The maximum atomic E-state index is 6.70. The van der Waals surface area contributed by atoms with Crippen LogP contribution in [0.2, 0.25) is 0 Å². The second-order valence-corrected chi connectivity index (χ2v) is 10.7. The fraction of sp³-hybridized carbons (Fsp3) is 0.0541. The number of allylic oxidation sites excluding steroid dienone is 4. The molecule has 3 heterocycles. The number of para-hydroxylation sites is 2. The lowest BCUT2D eigenvalue weighted by atomic mass is 9.98. The summed E-state index contributed by atoms with van der Waals surface area (Å²) in [6.45, 7) is 0. The fourth-order valence-electron chi connectivity index (χ4n) is 6.73. The number of hydrogen-bond acceptors (Lipinski definition) is 2. The third-order valence-corrected chi connectivity index (χ3v) is 8.52. The van der Waals surface area contributed by atoms with Crippen molar-refractivity contribution >= 4 is 70.9 Å². The molecule has 188 valence electrons. The molecule has 0 radical (unpaired) electrons. The Morgan fingerprint density at radius 1 is 0.700 bits per heavy atom. The lowest BCUT2D eigenvalue weighted by Gasteiger charge is -2.21. The van der Waals surface area contributed by atoms with E-state index in [4.69, 9.17) is 9.40 Å². The van der Waals surface area contributed by atoms with Gasteiger partial charge in [-0.2, -0.15) is 0 Å². The molecule has 1 unspecified atom stereocenters. The summed E-state index contributed by atoms with van der Waals surface area (Å²) in [5.41, 5.74) is 6.47. The van der Waals surface area contributed by atoms with Crippen molar-refractivity contribution < 1.29 is 4.42 Å². The van der Waals surface area contributed by atoms with Crippen molar-refractivity contribution in [1.29, 1.82) is 0 Å². The van der Waals surface area contributed by atoms with Gasteiger partial charge in [-0.1, -0.05) is 103 Å². The summed E-state index contributed by atoms with van der Waals surface area (Å²) in [5, 5.41) is 9.76. The van der Waals surface area contributed by atoms with Gasteiger partial charge in [0.25, 0.3) is 0 Å². The van der Waals surface area contributed by atoms with E-state index in [-0.39, 0.29) is 6.04 Å². The SMILES string of the molecule is C1=CC(n2c3ccccc3c3c4ccccc4c4c5ccccc5oc4c32)CC=C1c1cc2ccccc2cn1. The number of aromatic nitrogens is 2. The Hall–Kier alpha value is -5.15. The van der Waals surface area contributed by atoms with Crippen LogP contribution in [0.1, 0.15) is 18.2 Å². The van der Waals surface area contributed by atoms with Gasteiger partial charge in [0.2, 0.25) is 0 Å². The summed E-state index contributed by atoms with van der Waals surface area (Å²) in [4.78, 5) is 4.78. The predicted molar refractivity (Wildman–Crippen MR) is 167 cm³/mol. The first-order valence-corrected chi connectivity index (χ1v) is 13.8. The molecule has 1 atom stereocenters. The Kier molecular flexibility index (Phi) is 4.44. The Labute approximate surface area is 230 Å². The van der Waals surface area contributed by atoms with Crippen molar-refractivity contribution in [3.8, 4) is 0 Å². The van der Waals surface area contributed by atoms with Gasteiger partial charge in [-0.3, -0.25) is 4.98 Å². The molecule has 5 aromatic carbocycles. The van der Waals surface area contributed by atoms with Gasteiger partial charge in [0, 0.05) is 38.6 Å². The zero-order valence-corrected chi connectivity index (χ0v) is 21.7. The third-order valence-electron chi connectivity index (χ3n) is 8.52. The topological polar surface area (TPSA) is 31.0 Å². The summed E-state index contributed by atoms with van der Waals surface area (Å²) < 4.78 is 9.20. The Balaban J connectivity index is 1.30. The smallest absolute Gasteiger partial charge is 0.160 e. The van der Waals surface area contributed by atoms with Crippen LogP contribution in [0, 0.1) is 0 Å². The normalized spacial score (nSPS) is 15.7. The van der Waals surface area contributed by atoms with Gasteiger partial charge in [0.1, 0.15) is 5.58 Å². The number of furan rings is 1. The van der Waals surface area contributed by atoms with Crippen molar-refractivity contribution in [3.63, 3.8) is 0 Å². The summed E-state index contributed by atoms with van der Waals surface area (Å²) in [6, 6.07) is 36.7. The Bertz CT molecular complexity index is 2370. The van der Waals surface area contributed by atoms with Crippen LogP contribution < -0.4 is 0 Å². The first-order valence-electron chi connectivity index (χ1n) is 13.8. The monoisotopic (exact) mass is 512 g/mol. The molecule has 3 aromatic heterocycles. The third kappa shape index (κ3) is 2.97.